The normalized spacial score (nSPS) is 12.1. The van der Waals surface area contributed by atoms with Crippen LogP contribution in [0.15, 0.2) is 59.7 Å². The molecule has 31 heavy (non-hydrogen) atoms. The van der Waals surface area contributed by atoms with E-state index >= 15 is 0 Å². The largest absolute Gasteiger partial charge is 0.350 e. The summed E-state index contributed by atoms with van der Waals surface area (Å²) in [6, 6.07) is 12.6. The number of nitrogens with one attached hydrogen (secondary N) is 1. The van der Waals surface area contributed by atoms with Crippen molar-refractivity contribution in [3.63, 3.8) is 0 Å². The minimum absolute atomic E-state index is 0.257. The second-order valence-electron chi connectivity index (χ2n) is 7.39. The third-order valence-corrected chi connectivity index (χ3v) is 5.31. The van der Waals surface area contributed by atoms with Crippen LogP contribution in [0.25, 0.3) is 16.6 Å². The van der Waals surface area contributed by atoms with Gasteiger partial charge in [0.1, 0.15) is 11.6 Å². The molecule has 0 saturated carbocycles. The zero-order chi connectivity index (χ0) is 22.0. The van der Waals surface area contributed by atoms with E-state index in [1.165, 1.54) is 4.68 Å². The van der Waals surface area contributed by atoms with Gasteiger partial charge >= 0.3 is 0 Å². The van der Waals surface area contributed by atoms with Gasteiger partial charge in [-0.15, -0.1) is 0 Å². The van der Waals surface area contributed by atoms with Crippen LogP contribution >= 0.6 is 0 Å². The van der Waals surface area contributed by atoms with Crippen LogP contribution in [0.2, 0.25) is 0 Å². The molecule has 0 aliphatic rings. The summed E-state index contributed by atoms with van der Waals surface area (Å²) in [7, 11) is 0. The number of aryl methyl sites for hydroxylation is 2. The van der Waals surface area contributed by atoms with E-state index in [-0.39, 0.29) is 11.5 Å². The fourth-order valence-electron chi connectivity index (χ4n) is 3.69. The summed E-state index contributed by atoms with van der Waals surface area (Å²) in [5.41, 5.74) is 3.30. The number of hydrogen-bond acceptors (Lipinski definition) is 5. The van der Waals surface area contributed by atoms with Gasteiger partial charge in [0.05, 0.1) is 22.5 Å². The van der Waals surface area contributed by atoms with Crippen LogP contribution in [0.5, 0.6) is 0 Å². The number of carbonyl (C=O) groups excluding carboxylic acids is 1. The maximum Gasteiger partial charge on any atom is 0.278 e. The van der Waals surface area contributed by atoms with Crippen molar-refractivity contribution in [2.75, 3.05) is 0 Å². The molecule has 0 fully saturated rings. The molecular weight excluding hydrogens is 392 g/mol. The van der Waals surface area contributed by atoms with Gasteiger partial charge in [-0.1, -0.05) is 31.2 Å². The zero-order valence-electron chi connectivity index (χ0n) is 17.7. The number of pyridine rings is 1. The van der Waals surface area contributed by atoms with E-state index in [4.69, 9.17) is 0 Å². The average Bonchev–Trinajstić information content (AvgIpc) is 3.15. The molecule has 8 heteroatoms. The monoisotopic (exact) mass is 416 g/mol. The van der Waals surface area contributed by atoms with E-state index in [0.29, 0.717) is 29.6 Å². The van der Waals surface area contributed by atoms with Crippen LogP contribution in [0.4, 0.5) is 0 Å². The van der Waals surface area contributed by atoms with Gasteiger partial charge in [0.15, 0.2) is 0 Å². The summed E-state index contributed by atoms with van der Waals surface area (Å²) in [5, 5.41) is 12.4. The molecule has 0 unspecified atom stereocenters. The summed E-state index contributed by atoms with van der Waals surface area (Å²) in [6.07, 6.45) is 3.81. The van der Waals surface area contributed by atoms with Crippen molar-refractivity contribution < 1.29 is 4.79 Å². The Morgan fingerprint density at radius 3 is 2.55 bits per heavy atom. The highest BCUT2D eigenvalue weighted by Crippen LogP contribution is 2.21. The number of benzene rings is 1. The third-order valence-electron chi connectivity index (χ3n) is 5.31. The zero-order valence-corrected chi connectivity index (χ0v) is 17.7. The third kappa shape index (κ3) is 3.84. The van der Waals surface area contributed by atoms with Crippen LogP contribution in [0.1, 0.15) is 36.3 Å². The molecule has 4 aromatic rings. The van der Waals surface area contributed by atoms with E-state index < -0.39 is 6.04 Å². The van der Waals surface area contributed by atoms with Crippen molar-refractivity contribution in [3.05, 3.63) is 82.2 Å². The first kappa shape index (κ1) is 20.5. The Morgan fingerprint density at radius 1 is 1.10 bits per heavy atom. The van der Waals surface area contributed by atoms with Crippen molar-refractivity contribution >= 4 is 16.8 Å². The Kier molecular flexibility index (Phi) is 5.62. The van der Waals surface area contributed by atoms with Crippen molar-refractivity contribution in [1.82, 2.24) is 29.9 Å². The number of hydrogen-bond donors (Lipinski definition) is 1. The lowest BCUT2D eigenvalue weighted by Crippen LogP contribution is -2.38. The quantitative estimate of drug-likeness (QED) is 0.522. The van der Waals surface area contributed by atoms with Crippen molar-refractivity contribution in [1.29, 1.82) is 0 Å². The van der Waals surface area contributed by atoms with Gasteiger partial charge in [0.2, 0.25) is 5.91 Å². The fraction of sp³-hybridized carbons (Fsp3) is 0.261. The number of aromatic nitrogens is 5. The summed E-state index contributed by atoms with van der Waals surface area (Å²) in [6.45, 7) is 5.86. The molecule has 8 nitrogen and oxygen atoms in total. The van der Waals surface area contributed by atoms with Crippen LogP contribution in [0.3, 0.4) is 0 Å². The molecule has 0 aliphatic carbocycles. The summed E-state index contributed by atoms with van der Waals surface area (Å²) < 4.78 is 3.04. The van der Waals surface area contributed by atoms with Crippen molar-refractivity contribution in [3.8, 4) is 5.69 Å². The van der Waals surface area contributed by atoms with E-state index in [2.05, 4.69) is 20.5 Å². The Hall–Kier alpha value is -3.81. The van der Waals surface area contributed by atoms with E-state index in [0.717, 1.165) is 16.9 Å². The molecule has 0 radical (unpaired) electrons. The summed E-state index contributed by atoms with van der Waals surface area (Å²) in [4.78, 5) is 30.3. The molecule has 1 atom stereocenters. The standard InChI is InChI=1S/C23H24N6O2/c1-4-19(22(30)25-14-17-9-8-12-24-13-17)29-23(31)20-16(3)28(18-10-6-5-7-11-18)27-21(20)15(2)26-29/h5-13,19H,4,14H2,1-3H3,(H,25,30)/t19-/m0/s1. The van der Waals surface area contributed by atoms with E-state index in [9.17, 15) is 9.59 Å². The fourth-order valence-corrected chi connectivity index (χ4v) is 3.69. The molecule has 0 spiro atoms. The van der Waals surface area contributed by atoms with Crippen LogP contribution < -0.4 is 10.9 Å². The van der Waals surface area contributed by atoms with Gasteiger partial charge in [-0.2, -0.15) is 10.2 Å². The number of rotatable bonds is 6. The Balaban J connectivity index is 1.73. The lowest BCUT2D eigenvalue weighted by atomic mass is 10.2. The summed E-state index contributed by atoms with van der Waals surface area (Å²) in [5.74, 6) is -0.257. The molecule has 0 aliphatic heterocycles. The Morgan fingerprint density at radius 2 is 1.87 bits per heavy atom. The molecular formula is C23H24N6O2. The molecule has 4 rings (SSSR count). The number of nitrogens with zero attached hydrogens (tertiary/aromatic N) is 5. The van der Waals surface area contributed by atoms with Gasteiger partial charge in [-0.25, -0.2) is 9.36 Å². The van der Waals surface area contributed by atoms with Crippen LogP contribution in [-0.4, -0.2) is 30.5 Å². The summed E-state index contributed by atoms with van der Waals surface area (Å²) >= 11 is 0. The number of carbonyl (C=O) groups is 1. The second-order valence-corrected chi connectivity index (χ2v) is 7.39. The molecule has 0 saturated heterocycles. The molecule has 1 amide bonds. The highest BCUT2D eigenvalue weighted by molar-refractivity contribution is 5.84. The number of fused-ring (bicyclic) bond motifs is 1. The van der Waals surface area contributed by atoms with Gasteiger partial charge in [-0.05, 0) is 44.0 Å². The highest BCUT2D eigenvalue weighted by Gasteiger charge is 2.25. The molecule has 1 N–H and O–H groups in total. The van der Waals surface area contributed by atoms with Gasteiger partial charge in [0, 0.05) is 18.9 Å². The van der Waals surface area contributed by atoms with Crippen LogP contribution in [-0.2, 0) is 11.3 Å². The Bertz CT molecular complexity index is 1280. The number of amides is 1. The average molecular weight is 416 g/mol. The highest BCUT2D eigenvalue weighted by atomic mass is 16.2. The van der Waals surface area contributed by atoms with Crippen molar-refractivity contribution in [2.45, 2.75) is 39.8 Å². The molecule has 3 heterocycles. The topological polar surface area (TPSA) is 94.7 Å². The van der Waals surface area contributed by atoms with E-state index in [1.807, 2.05) is 56.3 Å². The predicted octanol–water partition coefficient (Wildman–Crippen LogP) is 2.86. The SMILES string of the molecule is CC[C@@H](C(=O)NCc1cccnc1)n1nc(C)c2nn(-c3ccccc3)c(C)c2c1=O. The first-order chi connectivity index (χ1) is 15.0. The smallest absolute Gasteiger partial charge is 0.278 e. The number of para-hydroxylation sites is 1. The molecule has 0 bridgehead atoms. The first-order valence-corrected chi connectivity index (χ1v) is 10.2. The Labute approximate surface area is 179 Å². The molecule has 3 aromatic heterocycles. The first-order valence-electron chi connectivity index (χ1n) is 10.2. The molecule has 1 aromatic carbocycles. The van der Waals surface area contributed by atoms with Gasteiger partial charge < -0.3 is 5.32 Å². The van der Waals surface area contributed by atoms with E-state index in [1.54, 1.807) is 24.0 Å². The van der Waals surface area contributed by atoms with Crippen molar-refractivity contribution in [2.24, 2.45) is 0 Å². The maximum absolute atomic E-state index is 13.4. The predicted molar refractivity (Wildman–Crippen MR) is 118 cm³/mol. The van der Waals surface area contributed by atoms with Crippen LogP contribution in [0, 0.1) is 13.8 Å². The second kappa shape index (κ2) is 8.51. The lowest BCUT2D eigenvalue weighted by molar-refractivity contribution is -0.125. The lowest BCUT2D eigenvalue weighted by Gasteiger charge is -2.17. The van der Waals surface area contributed by atoms with Gasteiger partial charge in [-0.3, -0.25) is 14.6 Å². The minimum atomic E-state index is -0.716. The minimum Gasteiger partial charge on any atom is -0.350 e. The molecule has 158 valence electrons. The maximum atomic E-state index is 13.4. The van der Waals surface area contributed by atoms with Gasteiger partial charge in [0.25, 0.3) is 5.56 Å².